The molecule has 0 bridgehead atoms. The van der Waals surface area contributed by atoms with E-state index in [-0.39, 0.29) is 11.8 Å². The third kappa shape index (κ3) is 4.59. The minimum Gasteiger partial charge on any atom is -0.480 e. The summed E-state index contributed by atoms with van der Waals surface area (Å²) < 4.78 is 6.09. The molecule has 144 valence electrons. The van der Waals surface area contributed by atoms with Crippen LogP contribution in [0.4, 0.5) is 5.69 Å². The summed E-state index contributed by atoms with van der Waals surface area (Å²) in [6.45, 7) is 11.2. The molecule has 5 heteroatoms. The Morgan fingerprint density at radius 2 is 1.85 bits per heavy atom. The zero-order valence-corrected chi connectivity index (χ0v) is 16.7. The van der Waals surface area contributed by atoms with Crippen molar-refractivity contribution >= 4 is 11.6 Å². The highest BCUT2D eigenvalue weighted by atomic mass is 16.5. The molecule has 1 aliphatic heterocycles. The van der Waals surface area contributed by atoms with Crippen LogP contribution < -0.4 is 9.64 Å². The number of aromatic nitrogens is 1. The zero-order valence-electron chi connectivity index (χ0n) is 16.7. The predicted molar refractivity (Wildman–Crippen MR) is 108 cm³/mol. The summed E-state index contributed by atoms with van der Waals surface area (Å²) in [5.74, 6) is 0.948. The van der Waals surface area contributed by atoms with E-state index in [0.29, 0.717) is 13.1 Å². The molecule has 0 aliphatic carbocycles. The third-order valence-corrected chi connectivity index (χ3v) is 5.02. The third-order valence-electron chi connectivity index (χ3n) is 5.02. The van der Waals surface area contributed by atoms with Crippen molar-refractivity contribution in [1.82, 2.24) is 9.88 Å². The molecule has 5 nitrogen and oxygen atoms in total. The first-order valence-electron chi connectivity index (χ1n) is 9.63. The summed E-state index contributed by atoms with van der Waals surface area (Å²) in [7, 11) is 0. The van der Waals surface area contributed by atoms with Gasteiger partial charge in [-0.15, -0.1) is 0 Å². The number of benzene rings is 1. The number of carbonyl (C=O) groups excluding carboxylic acids is 1. The van der Waals surface area contributed by atoms with Gasteiger partial charge < -0.3 is 14.5 Å². The van der Waals surface area contributed by atoms with Crippen molar-refractivity contribution in [1.29, 1.82) is 0 Å². The Morgan fingerprint density at radius 1 is 1.11 bits per heavy atom. The number of pyridine rings is 1. The Labute approximate surface area is 162 Å². The van der Waals surface area contributed by atoms with Crippen LogP contribution >= 0.6 is 0 Å². The standard InChI is InChI=1S/C22H29N3O2/c1-16(2)21(27-19-7-5-6-17(3)14-19)22(26)25-12-10-24(11-13-25)20-8-9-23-15-18(20)4/h5-9,14-16,21H,10-13H2,1-4H3. The summed E-state index contributed by atoms with van der Waals surface area (Å²) in [5.41, 5.74) is 3.50. The van der Waals surface area contributed by atoms with Crippen LogP contribution in [0, 0.1) is 19.8 Å². The second kappa shape index (κ2) is 8.42. The summed E-state index contributed by atoms with van der Waals surface area (Å²) >= 11 is 0. The number of hydrogen-bond donors (Lipinski definition) is 0. The number of aryl methyl sites for hydroxylation is 2. The molecule has 0 saturated carbocycles. The van der Waals surface area contributed by atoms with E-state index < -0.39 is 6.10 Å². The van der Waals surface area contributed by atoms with Gasteiger partial charge in [-0.05, 0) is 49.1 Å². The maximum atomic E-state index is 13.1. The minimum absolute atomic E-state index is 0.0811. The average Bonchev–Trinajstić information content (AvgIpc) is 2.66. The number of ether oxygens (including phenoxy) is 1. The quantitative estimate of drug-likeness (QED) is 0.812. The Kier molecular flexibility index (Phi) is 5.99. The highest BCUT2D eigenvalue weighted by molar-refractivity contribution is 5.82. The van der Waals surface area contributed by atoms with E-state index in [1.807, 2.05) is 68.4 Å². The van der Waals surface area contributed by atoms with Gasteiger partial charge in [-0.25, -0.2) is 0 Å². The van der Waals surface area contributed by atoms with Crippen molar-refractivity contribution < 1.29 is 9.53 Å². The minimum atomic E-state index is -0.457. The van der Waals surface area contributed by atoms with Gasteiger partial charge in [0.15, 0.2) is 6.10 Å². The Balaban J connectivity index is 1.65. The van der Waals surface area contributed by atoms with Gasteiger partial charge in [-0.3, -0.25) is 9.78 Å². The Hall–Kier alpha value is -2.56. The highest BCUT2D eigenvalue weighted by Gasteiger charge is 2.31. The SMILES string of the molecule is Cc1cccc(OC(C(=O)N2CCN(c3ccncc3C)CC2)C(C)C)c1. The number of nitrogens with zero attached hydrogens (tertiary/aromatic N) is 3. The van der Waals surface area contributed by atoms with E-state index in [0.717, 1.165) is 24.4 Å². The maximum Gasteiger partial charge on any atom is 0.264 e. The molecule has 1 fully saturated rings. The van der Waals surface area contributed by atoms with Gasteiger partial charge >= 0.3 is 0 Å². The molecular weight excluding hydrogens is 338 g/mol. The van der Waals surface area contributed by atoms with Crippen molar-refractivity contribution in [3.8, 4) is 5.75 Å². The van der Waals surface area contributed by atoms with Crippen LogP contribution in [0.25, 0.3) is 0 Å². The number of amides is 1. The Bertz CT molecular complexity index is 783. The van der Waals surface area contributed by atoms with Crippen molar-refractivity contribution in [3.63, 3.8) is 0 Å². The lowest BCUT2D eigenvalue weighted by atomic mass is 10.0. The summed E-state index contributed by atoms with van der Waals surface area (Å²) in [4.78, 5) is 21.5. The summed E-state index contributed by atoms with van der Waals surface area (Å²) in [6, 6.07) is 9.93. The first-order chi connectivity index (χ1) is 13.0. The number of anilines is 1. The molecule has 1 unspecified atom stereocenters. The Morgan fingerprint density at radius 3 is 2.48 bits per heavy atom. The molecule has 3 rings (SSSR count). The monoisotopic (exact) mass is 367 g/mol. The lowest BCUT2D eigenvalue weighted by molar-refractivity contribution is -0.141. The fraction of sp³-hybridized carbons (Fsp3) is 0.455. The number of hydrogen-bond acceptors (Lipinski definition) is 4. The molecule has 27 heavy (non-hydrogen) atoms. The molecule has 1 aromatic carbocycles. The van der Waals surface area contributed by atoms with Gasteiger partial charge in [0.1, 0.15) is 5.75 Å². The van der Waals surface area contributed by atoms with Crippen LogP contribution in [0.3, 0.4) is 0 Å². The molecule has 1 amide bonds. The molecule has 1 aliphatic rings. The molecule has 1 saturated heterocycles. The van der Waals surface area contributed by atoms with Gasteiger partial charge in [0.25, 0.3) is 5.91 Å². The van der Waals surface area contributed by atoms with Crippen molar-refractivity contribution in [2.75, 3.05) is 31.1 Å². The number of carbonyl (C=O) groups is 1. The smallest absolute Gasteiger partial charge is 0.264 e. The van der Waals surface area contributed by atoms with E-state index in [2.05, 4.69) is 16.8 Å². The average molecular weight is 367 g/mol. The van der Waals surface area contributed by atoms with Gasteiger partial charge in [-0.2, -0.15) is 0 Å². The summed E-state index contributed by atoms with van der Waals surface area (Å²) in [5, 5.41) is 0. The predicted octanol–water partition coefficient (Wildman–Crippen LogP) is 3.45. The zero-order chi connectivity index (χ0) is 19.4. The van der Waals surface area contributed by atoms with Crippen molar-refractivity contribution in [3.05, 3.63) is 53.9 Å². The molecule has 2 heterocycles. The van der Waals surface area contributed by atoms with E-state index in [1.54, 1.807) is 0 Å². The van der Waals surface area contributed by atoms with E-state index in [9.17, 15) is 4.79 Å². The number of piperazine rings is 1. The van der Waals surface area contributed by atoms with Gasteiger partial charge in [0.05, 0.1) is 0 Å². The van der Waals surface area contributed by atoms with Crippen LogP contribution in [0.5, 0.6) is 5.75 Å². The van der Waals surface area contributed by atoms with E-state index in [4.69, 9.17) is 4.74 Å². The van der Waals surface area contributed by atoms with Crippen LogP contribution in [-0.2, 0) is 4.79 Å². The van der Waals surface area contributed by atoms with E-state index >= 15 is 0 Å². The van der Waals surface area contributed by atoms with E-state index in [1.165, 1.54) is 11.3 Å². The molecule has 0 N–H and O–H groups in total. The van der Waals surface area contributed by atoms with Crippen molar-refractivity contribution in [2.24, 2.45) is 5.92 Å². The molecule has 0 spiro atoms. The fourth-order valence-electron chi connectivity index (χ4n) is 3.48. The van der Waals surface area contributed by atoms with Crippen LogP contribution in [0.2, 0.25) is 0 Å². The van der Waals surface area contributed by atoms with Crippen LogP contribution in [0.1, 0.15) is 25.0 Å². The molecular formula is C22H29N3O2. The molecule has 0 radical (unpaired) electrons. The summed E-state index contributed by atoms with van der Waals surface area (Å²) in [6.07, 6.45) is 3.25. The molecule has 1 atom stereocenters. The normalized spacial score (nSPS) is 15.7. The highest BCUT2D eigenvalue weighted by Crippen LogP contribution is 2.22. The fourth-order valence-corrected chi connectivity index (χ4v) is 3.48. The molecule has 2 aromatic rings. The maximum absolute atomic E-state index is 13.1. The van der Waals surface area contributed by atoms with Crippen molar-refractivity contribution in [2.45, 2.75) is 33.8 Å². The van der Waals surface area contributed by atoms with Crippen LogP contribution in [0.15, 0.2) is 42.7 Å². The largest absolute Gasteiger partial charge is 0.480 e. The van der Waals surface area contributed by atoms with Crippen LogP contribution in [-0.4, -0.2) is 48.1 Å². The first kappa shape index (κ1) is 19.2. The second-order valence-electron chi connectivity index (χ2n) is 7.57. The molecule has 1 aromatic heterocycles. The number of rotatable bonds is 5. The topological polar surface area (TPSA) is 45.7 Å². The first-order valence-corrected chi connectivity index (χ1v) is 9.63. The lowest BCUT2D eigenvalue weighted by Crippen LogP contribution is -2.53. The lowest BCUT2D eigenvalue weighted by Gasteiger charge is -2.38. The van der Waals surface area contributed by atoms with Gasteiger partial charge in [0, 0.05) is 44.3 Å². The van der Waals surface area contributed by atoms with Gasteiger partial charge in [-0.1, -0.05) is 26.0 Å². The second-order valence-corrected chi connectivity index (χ2v) is 7.57. The van der Waals surface area contributed by atoms with Gasteiger partial charge in [0.2, 0.25) is 0 Å².